The first kappa shape index (κ1) is 19.8. The number of allylic oxidation sites excluding steroid dienone is 2. The summed E-state index contributed by atoms with van der Waals surface area (Å²) in [6.45, 7) is 5.00. The van der Waals surface area contributed by atoms with Crippen LogP contribution in [-0.4, -0.2) is 24.7 Å². The van der Waals surface area contributed by atoms with E-state index in [4.69, 9.17) is 19.9 Å². The van der Waals surface area contributed by atoms with Crippen molar-refractivity contribution in [2.24, 2.45) is 5.73 Å². The first-order valence-corrected chi connectivity index (χ1v) is 8.68. The number of ether oxygens (including phenoxy) is 3. The maximum Gasteiger partial charge on any atom is 0.338 e. The smallest absolute Gasteiger partial charge is 0.338 e. The summed E-state index contributed by atoms with van der Waals surface area (Å²) in [4.78, 5) is 28.3. The summed E-state index contributed by atoms with van der Waals surface area (Å²) in [7, 11) is 1.52. The van der Waals surface area contributed by atoms with Gasteiger partial charge in [-0.15, -0.1) is 0 Å². The Morgan fingerprint density at radius 3 is 2.86 bits per heavy atom. The van der Waals surface area contributed by atoms with Crippen LogP contribution in [0.4, 0.5) is 0 Å². The Morgan fingerprint density at radius 1 is 1.45 bits per heavy atom. The number of carbonyl (C=O) groups excluding carboxylic acids is 1. The maximum absolute atomic E-state index is 12.9. The molecule has 1 atom stereocenters. The van der Waals surface area contributed by atoms with E-state index < -0.39 is 17.4 Å². The first-order chi connectivity index (χ1) is 13.9. The number of nitrogens with two attached hydrogens (primary N) is 1. The van der Waals surface area contributed by atoms with Gasteiger partial charge in [0.2, 0.25) is 5.88 Å². The second-order valence-electron chi connectivity index (χ2n) is 6.29. The van der Waals surface area contributed by atoms with Crippen molar-refractivity contribution in [3.8, 4) is 11.8 Å². The number of H-pyrrole nitrogens is 1. The summed E-state index contributed by atoms with van der Waals surface area (Å²) in [5, 5.41) is 10.3. The minimum Gasteiger partial charge on any atom is -0.497 e. The molecule has 0 saturated heterocycles. The van der Waals surface area contributed by atoms with Gasteiger partial charge in [0.1, 0.15) is 29.8 Å². The van der Waals surface area contributed by atoms with Gasteiger partial charge < -0.3 is 24.9 Å². The van der Waals surface area contributed by atoms with Gasteiger partial charge in [0.15, 0.2) is 0 Å². The van der Waals surface area contributed by atoms with Crippen molar-refractivity contribution in [1.82, 2.24) is 4.98 Å². The lowest BCUT2D eigenvalue weighted by Crippen LogP contribution is -2.29. The molecule has 3 N–H and O–H groups in total. The number of carbonyl (C=O) groups is 1. The Labute approximate surface area is 166 Å². The molecule has 1 aromatic carbocycles. The van der Waals surface area contributed by atoms with Gasteiger partial charge in [-0.1, -0.05) is 12.7 Å². The van der Waals surface area contributed by atoms with Crippen LogP contribution < -0.4 is 16.0 Å². The SMILES string of the molecule is C=CCOC(=O)C1=C(C)OC(N)=C(C#N)C1c1cc2ccc(OC)cc2[nH]c1=O. The molecule has 8 heteroatoms. The molecule has 2 aromatic rings. The molecule has 0 radical (unpaired) electrons. The van der Waals surface area contributed by atoms with E-state index in [0.29, 0.717) is 16.7 Å². The van der Waals surface area contributed by atoms with Gasteiger partial charge in [-0.05, 0) is 30.5 Å². The van der Waals surface area contributed by atoms with Gasteiger partial charge >= 0.3 is 5.97 Å². The predicted octanol–water partition coefficient (Wildman–Crippen LogP) is 2.35. The largest absolute Gasteiger partial charge is 0.497 e. The molecule has 1 aliphatic rings. The van der Waals surface area contributed by atoms with Gasteiger partial charge in [-0.2, -0.15) is 5.26 Å². The molecule has 0 fully saturated rings. The Kier molecular flexibility index (Phi) is 5.41. The molecule has 1 aliphatic heterocycles. The number of nitrogens with one attached hydrogen (secondary N) is 1. The molecule has 2 heterocycles. The van der Waals surface area contributed by atoms with Crippen molar-refractivity contribution in [1.29, 1.82) is 5.26 Å². The highest BCUT2D eigenvalue weighted by molar-refractivity contribution is 5.93. The molecule has 148 valence electrons. The number of fused-ring (bicyclic) bond motifs is 1. The first-order valence-electron chi connectivity index (χ1n) is 8.68. The van der Waals surface area contributed by atoms with Crippen LogP contribution in [0.5, 0.6) is 5.75 Å². The zero-order valence-corrected chi connectivity index (χ0v) is 15.9. The lowest BCUT2D eigenvalue weighted by Gasteiger charge is -2.26. The quantitative estimate of drug-likeness (QED) is 0.589. The number of rotatable bonds is 5. The van der Waals surface area contributed by atoms with E-state index in [1.165, 1.54) is 20.1 Å². The second kappa shape index (κ2) is 7.94. The van der Waals surface area contributed by atoms with Gasteiger partial charge in [-0.3, -0.25) is 4.79 Å². The topological polar surface area (TPSA) is 127 Å². The van der Waals surface area contributed by atoms with Crippen LogP contribution in [0.3, 0.4) is 0 Å². The fourth-order valence-electron chi connectivity index (χ4n) is 3.21. The van der Waals surface area contributed by atoms with Crippen molar-refractivity contribution in [3.63, 3.8) is 0 Å². The highest BCUT2D eigenvalue weighted by Crippen LogP contribution is 2.39. The highest BCUT2D eigenvalue weighted by atomic mass is 16.5. The van der Waals surface area contributed by atoms with Crippen LogP contribution in [-0.2, 0) is 14.3 Å². The number of methoxy groups -OCH3 is 1. The Bertz CT molecular complexity index is 1170. The van der Waals surface area contributed by atoms with E-state index in [9.17, 15) is 14.9 Å². The summed E-state index contributed by atoms with van der Waals surface area (Å²) in [5.41, 5.74) is 6.13. The second-order valence-corrected chi connectivity index (χ2v) is 6.29. The van der Waals surface area contributed by atoms with Crippen LogP contribution in [0.2, 0.25) is 0 Å². The van der Waals surface area contributed by atoms with Crippen LogP contribution in [0.25, 0.3) is 10.9 Å². The van der Waals surface area contributed by atoms with E-state index in [1.54, 1.807) is 24.3 Å². The van der Waals surface area contributed by atoms with Crippen molar-refractivity contribution in [2.75, 3.05) is 13.7 Å². The Balaban J connectivity index is 2.23. The number of nitrogens with zero attached hydrogens (tertiary/aromatic N) is 1. The number of aromatic nitrogens is 1. The lowest BCUT2D eigenvalue weighted by atomic mass is 9.83. The summed E-state index contributed by atoms with van der Waals surface area (Å²) in [6, 6.07) is 8.75. The number of hydrogen-bond donors (Lipinski definition) is 2. The number of benzene rings is 1. The van der Waals surface area contributed by atoms with E-state index >= 15 is 0 Å². The van der Waals surface area contributed by atoms with Crippen LogP contribution in [0.1, 0.15) is 18.4 Å². The van der Waals surface area contributed by atoms with E-state index in [0.717, 1.165) is 0 Å². The third-order valence-corrected chi connectivity index (χ3v) is 4.55. The fourth-order valence-corrected chi connectivity index (χ4v) is 3.21. The molecule has 0 amide bonds. The van der Waals surface area contributed by atoms with E-state index in [1.807, 2.05) is 6.07 Å². The van der Waals surface area contributed by atoms with E-state index in [-0.39, 0.29) is 35.0 Å². The average molecular weight is 393 g/mol. The standard InChI is InChI=1S/C21H19N3O5/c1-4-7-28-21(26)17-11(2)29-19(23)15(10-22)18(17)14-8-12-5-6-13(27-3)9-16(12)24-20(14)25/h4-6,8-9,18H,1,7,23H2,2-3H3,(H,24,25). The van der Waals surface area contributed by atoms with Gasteiger partial charge in [-0.25, -0.2) is 4.79 Å². The molecular weight excluding hydrogens is 374 g/mol. The summed E-state index contributed by atoms with van der Waals surface area (Å²) < 4.78 is 15.7. The molecule has 0 aliphatic carbocycles. The van der Waals surface area contributed by atoms with E-state index in [2.05, 4.69) is 11.6 Å². The van der Waals surface area contributed by atoms with Crippen molar-refractivity contribution >= 4 is 16.9 Å². The molecular formula is C21H19N3O5. The average Bonchev–Trinajstić information content (AvgIpc) is 2.70. The normalized spacial score (nSPS) is 16.2. The maximum atomic E-state index is 12.9. The number of esters is 1. The van der Waals surface area contributed by atoms with Crippen LogP contribution in [0, 0.1) is 11.3 Å². The molecule has 0 saturated carbocycles. The minimum absolute atomic E-state index is 0.0305. The molecule has 29 heavy (non-hydrogen) atoms. The molecule has 3 rings (SSSR count). The Hall–Kier alpha value is -3.99. The molecule has 1 aromatic heterocycles. The molecule has 0 spiro atoms. The zero-order chi connectivity index (χ0) is 21.1. The van der Waals surface area contributed by atoms with Gasteiger partial charge in [0.05, 0.1) is 24.1 Å². The van der Waals surface area contributed by atoms with Crippen LogP contribution >= 0.6 is 0 Å². The third kappa shape index (κ3) is 3.58. The molecule has 8 nitrogen and oxygen atoms in total. The fraction of sp³-hybridized carbons (Fsp3) is 0.190. The lowest BCUT2D eigenvalue weighted by molar-refractivity contribution is -0.138. The van der Waals surface area contributed by atoms with Gasteiger partial charge in [0, 0.05) is 11.6 Å². The monoisotopic (exact) mass is 393 g/mol. The Morgan fingerprint density at radius 2 is 2.21 bits per heavy atom. The van der Waals surface area contributed by atoms with Crippen molar-refractivity contribution < 1.29 is 19.0 Å². The van der Waals surface area contributed by atoms with Crippen LogP contribution in [0.15, 0.2) is 64.5 Å². The predicted molar refractivity (Wildman–Crippen MR) is 106 cm³/mol. The highest BCUT2D eigenvalue weighted by Gasteiger charge is 2.37. The minimum atomic E-state index is -1.03. The molecule has 1 unspecified atom stereocenters. The molecule has 0 bridgehead atoms. The summed E-state index contributed by atoms with van der Waals surface area (Å²) >= 11 is 0. The van der Waals surface area contributed by atoms with Crippen molar-refractivity contribution in [3.05, 3.63) is 75.6 Å². The number of nitriles is 1. The zero-order valence-electron chi connectivity index (χ0n) is 15.9. The number of pyridine rings is 1. The third-order valence-electron chi connectivity index (χ3n) is 4.55. The summed E-state index contributed by atoms with van der Waals surface area (Å²) in [5.74, 6) is -1.17. The van der Waals surface area contributed by atoms with Crippen molar-refractivity contribution in [2.45, 2.75) is 12.8 Å². The summed E-state index contributed by atoms with van der Waals surface area (Å²) in [6.07, 6.45) is 1.41. The number of hydrogen-bond acceptors (Lipinski definition) is 7. The van der Waals surface area contributed by atoms with Gasteiger partial charge in [0.25, 0.3) is 5.56 Å². The number of aromatic amines is 1.